The number of hydrogen-bond acceptors (Lipinski definition) is 3. The predicted molar refractivity (Wildman–Crippen MR) is 45.9 cm³/mol. The third-order valence-corrected chi connectivity index (χ3v) is 1.95. The summed E-state index contributed by atoms with van der Waals surface area (Å²) >= 11 is 5.09. The molecule has 0 amide bonds. The van der Waals surface area contributed by atoms with E-state index in [4.69, 9.17) is 11.6 Å². The average molecular weight is 277 g/mol. The van der Waals surface area contributed by atoms with Gasteiger partial charge in [0.05, 0.1) is 4.92 Å². The van der Waals surface area contributed by atoms with Crippen LogP contribution < -0.4 is 0 Å². The maximum Gasteiger partial charge on any atom is 0.423 e. The summed E-state index contributed by atoms with van der Waals surface area (Å²) in [4.78, 5) is 11.8. The molecule has 0 aromatic carbocycles. The van der Waals surface area contributed by atoms with Crippen molar-refractivity contribution in [2.75, 3.05) is 0 Å². The zero-order valence-corrected chi connectivity index (χ0v) is 8.39. The van der Waals surface area contributed by atoms with Crippen LogP contribution in [-0.4, -0.2) is 9.91 Å². The van der Waals surface area contributed by atoms with Gasteiger partial charge in [0.1, 0.15) is 11.3 Å². The van der Waals surface area contributed by atoms with E-state index in [0.29, 0.717) is 0 Å². The molecule has 1 aromatic heterocycles. The van der Waals surface area contributed by atoms with Crippen LogP contribution >= 0.6 is 11.6 Å². The van der Waals surface area contributed by atoms with Crippen LogP contribution in [-0.2, 0) is 6.18 Å². The van der Waals surface area contributed by atoms with Gasteiger partial charge in [-0.15, -0.1) is 0 Å². The number of nitrogens with zero attached hydrogens (tertiary/aromatic N) is 2. The molecule has 0 atom stereocenters. The third-order valence-electron chi connectivity index (χ3n) is 1.68. The second kappa shape index (κ2) is 4.40. The van der Waals surface area contributed by atoms with Gasteiger partial charge in [-0.2, -0.15) is 13.2 Å². The lowest BCUT2D eigenvalue weighted by molar-refractivity contribution is -0.388. The van der Waals surface area contributed by atoms with Gasteiger partial charge >= 0.3 is 11.9 Å². The molecule has 4 nitrogen and oxygen atoms in total. The quantitative estimate of drug-likeness (QED) is 0.359. The molecule has 0 spiro atoms. The van der Waals surface area contributed by atoms with Crippen molar-refractivity contribution < 1.29 is 26.9 Å². The molecule has 0 saturated carbocycles. The largest absolute Gasteiger partial charge is 0.423 e. The monoisotopic (exact) mass is 276 g/mol. The maximum atomic E-state index is 12.4. The molecule has 17 heavy (non-hydrogen) atoms. The molecule has 0 unspecified atom stereocenters. The van der Waals surface area contributed by atoms with Gasteiger partial charge in [-0.25, -0.2) is 13.8 Å². The maximum absolute atomic E-state index is 12.4. The van der Waals surface area contributed by atoms with Crippen LogP contribution in [0.2, 0.25) is 5.15 Å². The van der Waals surface area contributed by atoms with Crippen molar-refractivity contribution >= 4 is 17.3 Å². The smallest absolute Gasteiger partial charge is 0.258 e. The highest BCUT2D eigenvalue weighted by Crippen LogP contribution is 2.40. The SMILES string of the molecule is O=[N+]([O-])c1c(C(F)(F)F)cc(C(F)F)nc1Cl. The normalized spacial score (nSPS) is 11.9. The molecule has 0 bridgehead atoms. The molecule has 0 aliphatic carbocycles. The Balaban J connectivity index is 3.57. The van der Waals surface area contributed by atoms with Gasteiger partial charge in [-0.3, -0.25) is 10.1 Å². The lowest BCUT2D eigenvalue weighted by Crippen LogP contribution is -2.11. The first-order chi connectivity index (χ1) is 7.64. The minimum Gasteiger partial charge on any atom is -0.258 e. The van der Waals surface area contributed by atoms with E-state index >= 15 is 0 Å². The summed E-state index contributed by atoms with van der Waals surface area (Å²) in [5.74, 6) is 0. The van der Waals surface area contributed by atoms with Gasteiger partial charge in [-0.05, 0) is 6.07 Å². The molecule has 0 N–H and O–H groups in total. The zero-order valence-electron chi connectivity index (χ0n) is 7.63. The van der Waals surface area contributed by atoms with Crippen molar-refractivity contribution in [1.82, 2.24) is 4.98 Å². The molecule has 94 valence electrons. The Morgan fingerprint density at radius 3 is 2.29 bits per heavy atom. The van der Waals surface area contributed by atoms with Crippen LogP contribution in [0.4, 0.5) is 27.6 Å². The van der Waals surface area contributed by atoms with Gasteiger partial charge in [-0.1, -0.05) is 11.6 Å². The van der Waals surface area contributed by atoms with Crippen LogP contribution in [0.25, 0.3) is 0 Å². The fourth-order valence-corrected chi connectivity index (χ4v) is 1.30. The zero-order chi connectivity index (χ0) is 13.4. The van der Waals surface area contributed by atoms with E-state index in [2.05, 4.69) is 4.98 Å². The summed E-state index contributed by atoms with van der Waals surface area (Å²) in [6.07, 6.45) is -8.48. The van der Waals surface area contributed by atoms with Crippen molar-refractivity contribution in [3.63, 3.8) is 0 Å². The lowest BCUT2D eigenvalue weighted by Gasteiger charge is -2.09. The second-order valence-corrected chi connectivity index (χ2v) is 3.15. The summed E-state index contributed by atoms with van der Waals surface area (Å²) in [6, 6.07) is -0.0886. The molecule has 0 aliphatic rings. The van der Waals surface area contributed by atoms with E-state index in [-0.39, 0.29) is 6.07 Å². The number of hydrogen-bond donors (Lipinski definition) is 0. The first kappa shape index (κ1) is 13.6. The Kier molecular flexibility index (Phi) is 3.51. The molecular weight excluding hydrogens is 275 g/mol. The molecule has 0 saturated heterocycles. The molecule has 1 heterocycles. The highest BCUT2D eigenvalue weighted by Gasteiger charge is 2.41. The van der Waals surface area contributed by atoms with Crippen molar-refractivity contribution in [2.24, 2.45) is 0 Å². The Morgan fingerprint density at radius 2 is 1.94 bits per heavy atom. The summed E-state index contributed by atoms with van der Waals surface area (Å²) in [5, 5.41) is 9.14. The fraction of sp³-hybridized carbons (Fsp3) is 0.286. The second-order valence-electron chi connectivity index (χ2n) is 2.79. The van der Waals surface area contributed by atoms with E-state index in [0.717, 1.165) is 0 Å². The van der Waals surface area contributed by atoms with E-state index < -0.39 is 39.6 Å². The standard InChI is InChI=1S/C7H2ClF5N2O2/c8-5-4(15(16)17)2(7(11,12)13)1-3(14-5)6(9)10/h1,6H. The summed E-state index contributed by atoms with van der Waals surface area (Å²) in [6.45, 7) is 0. The van der Waals surface area contributed by atoms with Crippen LogP contribution in [0, 0.1) is 10.1 Å². The van der Waals surface area contributed by atoms with Gasteiger partial charge in [0, 0.05) is 0 Å². The average Bonchev–Trinajstić information content (AvgIpc) is 2.14. The molecule has 0 aliphatic heterocycles. The summed E-state index contributed by atoms with van der Waals surface area (Å²) in [5.41, 5.74) is -4.66. The molecule has 1 aromatic rings. The van der Waals surface area contributed by atoms with E-state index in [1.54, 1.807) is 0 Å². The third kappa shape index (κ3) is 2.78. The van der Waals surface area contributed by atoms with Crippen LogP contribution in [0.3, 0.4) is 0 Å². The van der Waals surface area contributed by atoms with Crippen LogP contribution in [0.1, 0.15) is 17.7 Å². The first-order valence-electron chi connectivity index (χ1n) is 3.84. The minimum atomic E-state index is -5.17. The highest BCUT2D eigenvalue weighted by atomic mass is 35.5. The number of pyridine rings is 1. The summed E-state index contributed by atoms with van der Waals surface area (Å²) < 4.78 is 61.6. The topological polar surface area (TPSA) is 56.0 Å². The minimum absolute atomic E-state index is 0.0886. The fourth-order valence-electron chi connectivity index (χ4n) is 1.03. The Morgan fingerprint density at radius 1 is 1.41 bits per heavy atom. The van der Waals surface area contributed by atoms with Crippen molar-refractivity contribution in [3.8, 4) is 0 Å². The number of aromatic nitrogens is 1. The lowest BCUT2D eigenvalue weighted by atomic mass is 10.2. The Labute approximate surface area is 95.2 Å². The molecular formula is C7H2ClF5N2O2. The molecule has 1 rings (SSSR count). The van der Waals surface area contributed by atoms with Crippen LogP contribution in [0.15, 0.2) is 6.07 Å². The van der Waals surface area contributed by atoms with Crippen molar-refractivity contribution in [3.05, 3.63) is 32.6 Å². The van der Waals surface area contributed by atoms with E-state index in [1.807, 2.05) is 0 Å². The number of nitro groups is 1. The Hall–Kier alpha value is -1.51. The number of halogens is 6. The first-order valence-corrected chi connectivity index (χ1v) is 4.22. The number of rotatable bonds is 2. The summed E-state index contributed by atoms with van der Waals surface area (Å²) in [7, 11) is 0. The van der Waals surface area contributed by atoms with Crippen molar-refractivity contribution in [2.45, 2.75) is 12.6 Å². The van der Waals surface area contributed by atoms with Gasteiger partial charge in [0.25, 0.3) is 6.43 Å². The van der Waals surface area contributed by atoms with Gasteiger partial charge in [0.15, 0.2) is 0 Å². The van der Waals surface area contributed by atoms with E-state index in [9.17, 15) is 32.1 Å². The molecule has 0 fully saturated rings. The molecule has 0 radical (unpaired) electrons. The van der Waals surface area contributed by atoms with Crippen LogP contribution in [0.5, 0.6) is 0 Å². The highest BCUT2D eigenvalue weighted by molar-refractivity contribution is 6.31. The Bertz CT molecular complexity index is 462. The van der Waals surface area contributed by atoms with Gasteiger partial charge < -0.3 is 0 Å². The van der Waals surface area contributed by atoms with Gasteiger partial charge in [0.2, 0.25) is 5.15 Å². The van der Waals surface area contributed by atoms with E-state index in [1.165, 1.54) is 0 Å². The molecule has 10 heteroatoms. The predicted octanol–water partition coefficient (Wildman–Crippen LogP) is 3.60. The van der Waals surface area contributed by atoms with Crippen molar-refractivity contribution in [1.29, 1.82) is 0 Å². The number of alkyl halides is 5.